The van der Waals surface area contributed by atoms with E-state index in [0.29, 0.717) is 30.5 Å². The third-order valence-corrected chi connectivity index (χ3v) is 4.11. The van der Waals surface area contributed by atoms with Gasteiger partial charge in [-0.25, -0.2) is 4.39 Å². The van der Waals surface area contributed by atoms with E-state index in [9.17, 15) is 9.50 Å². The lowest BCUT2D eigenvalue weighted by atomic mass is 9.79. The molecule has 2 heterocycles. The predicted octanol–water partition coefficient (Wildman–Crippen LogP) is 1.80. The van der Waals surface area contributed by atoms with Gasteiger partial charge in [0.2, 0.25) is 0 Å². The normalized spacial score (nSPS) is 34.3. The maximum atomic E-state index is 13.1. The SMILES string of the molecule is N#Cc1cc(F)ccc1C1(O)CC2CCC(C1)N2. The van der Waals surface area contributed by atoms with Crippen LogP contribution in [0, 0.1) is 17.1 Å². The molecular weight excluding hydrogens is 231 g/mol. The molecule has 2 aliphatic heterocycles. The first-order valence-corrected chi connectivity index (χ1v) is 6.29. The van der Waals surface area contributed by atoms with E-state index in [0.717, 1.165) is 12.8 Å². The lowest BCUT2D eigenvalue weighted by molar-refractivity contribution is -0.0117. The predicted molar refractivity (Wildman–Crippen MR) is 64.2 cm³/mol. The van der Waals surface area contributed by atoms with Crippen LogP contribution in [-0.4, -0.2) is 17.2 Å². The fourth-order valence-corrected chi connectivity index (χ4v) is 3.36. The summed E-state index contributed by atoms with van der Waals surface area (Å²) in [7, 11) is 0. The van der Waals surface area contributed by atoms with Gasteiger partial charge < -0.3 is 10.4 Å². The molecule has 3 nitrogen and oxygen atoms in total. The Labute approximate surface area is 105 Å². The molecule has 2 aliphatic rings. The van der Waals surface area contributed by atoms with E-state index >= 15 is 0 Å². The van der Waals surface area contributed by atoms with Crippen molar-refractivity contribution in [3.8, 4) is 6.07 Å². The van der Waals surface area contributed by atoms with Gasteiger partial charge in [0.15, 0.2) is 0 Å². The summed E-state index contributed by atoms with van der Waals surface area (Å²) in [5, 5.41) is 23.4. The summed E-state index contributed by atoms with van der Waals surface area (Å²) in [5.74, 6) is -0.434. The molecule has 2 saturated heterocycles. The molecule has 3 rings (SSSR count). The highest BCUT2D eigenvalue weighted by molar-refractivity contribution is 5.42. The number of piperidine rings is 1. The van der Waals surface area contributed by atoms with E-state index in [4.69, 9.17) is 5.26 Å². The fourth-order valence-electron chi connectivity index (χ4n) is 3.36. The van der Waals surface area contributed by atoms with Crippen molar-refractivity contribution in [2.24, 2.45) is 0 Å². The number of rotatable bonds is 1. The minimum atomic E-state index is -0.990. The van der Waals surface area contributed by atoms with E-state index in [2.05, 4.69) is 5.32 Å². The zero-order chi connectivity index (χ0) is 12.8. The summed E-state index contributed by atoms with van der Waals surface area (Å²) in [6, 6.07) is 6.69. The van der Waals surface area contributed by atoms with Gasteiger partial charge in [-0.3, -0.25) is 0 Å². The molecular formula is C14H15FN2O. The lowest BCUT2D eigenvalue weighted by Crippen LogP contribution is -2.47. The smallest absolute Gasteiger partial charge is 0.124 e. The molecule has 18 heavy (non-hydrogen) atoms. The molecule has 4 heteroatoms. The quantitative estimate of drug-likeness (QED) is 0.794. The first kappa shape index (κ1) is 11.6. The number of nitrogens with one attached hydrogen (secondary N) is 1. The zero-order valence-corrected chi connectivity index (χ0v) is 9.99. The van der Waals surface area contributed by atoms with Gasteiger partial charge >= 0.3 is 0 Å². The van der Waals surface area contributed by atoms with Crippen molar-refractivity contribution in [1.29, 1.82) is 5.26 Å². The van der Waals surface area contributed by atoms with Gasteiger partial charge in [0, 0.05) is 17.6 Å². The van der Waals surface area contributed by atoms with Crippen LogP contribution in [0.5, 0.6) is 0 Å². The van der Waals surface area contributed by atoms with Crippen molar-refractivity contribution in [3.63, 3.8) is 0 Å². The number of hydrogen-bond donors (Lipinski definition) is 2. The van der Waals surface area contributed by atoms with Crippen LogP contribution < -0.4 is 5.32 Å². The number of nitriles is 1. The highest BCUT2D eigenvalue weighted by Gasteiger charge is 2.44. The summed E-state index contributed by atoms with van der Waals surface area (Å²) in [6.45, 7) is 0. The van der Waals surface area contributed by atoms with Gasteiger partial charge in [0.05, 0.1) is 17.2 Å². The molecule has 2 N–H and O–H groups in total. The van der Waals surface area contributed by atoms with Crippen LogP contribution in [0.2, 0.25) is 0 Å². The summed E-state index contributed by atoms with van der Waals surface area (Å²) in [4.78, 5) is 0. The first-order chi connectivity index (χ1) is 8.60. The van der Waals surface area contributed by atoms with Crippen LogP contribution in [0.25, 0.3) is 0 Å². The first-order valence-electron chi connectivity index (χ1n) is 6.29. The van der Waals surface area contributed by atoms with Crippen LogP contribution in [0.4, 0.5) is 4.39 Å². The summed E-state index contributed by atoms with van der Waals surface area (Å²) in [5.41, 5.74) is -0.167. The van der Waals surface area contributed by atoms with Gasteiger partial charge in [-0.2, -0.15) is 5.26 Å². The van der Waals surface area contributed by atoms with Crippen LogP contribution in [0.1, 0.15) is 36.8 Å². The average Bonchev–Trinajstić information content (AvgIpc) is 2.68. The maximum Gasteiger partial charge on any atom is 0.124 e. The van der Waals surface area contributed by atoms with Crippen molar-refractivity contribution in [2.75, 3.05) is 0 Å². The van der Waals surface area contributed by atoms with Crippen LogP contribution in [0.15, 0.2) is 18.2 Å². The standard InChI is InChI=1S/C14H15FN2O/c15-10-1-4-13(9(5-10)8-16)14(18)6-11-2-3-12(7-14)17-11/h1,4-5,11-12,17-18H,2-3,6-7H2. The zero-order valence-electron chi connectivity index (χ0n) is 9.99. The molecule has 94 valence electrons. The van der Waals surface area contributed by atoms with E-state index in [-0.39, 0.29) is 5.56 Å². The second-order valence-corrected chi connectivity index (χ2v) is 5.38. The largest absolute Gasteiger partial charge is 0.385 e. The van der Waals surface area contributed by atoms with E-state index in [1.54, 1.807) is 6.07 Å². The minimum Gasteiger partial charge on any atom is -0.385 e. The monoisotopic (exact) mass is 246 g/mol. The highest BCUT2D eigenvalue weighted by atomic mass is 19.1. The molecule has 0 spiro atoms. The number of hydrogen-bond acceptors (Lipinski definition) is 3. The molecule has 0 saturated carbocycles. The summed E-state index contributed by atoms with van der Waals surface area (Å²) >= 11 is 0. The van der Waals surface area contributed by atoms with Gasteiger partial charge in [0.25, 0.3) is 0 Å². The number of halogens is 1. The summed E-state index contributed by atoms with van der Waals surface area (Å²) < 4.78 is 13.1. The maximum absolute atomic E-state index is 13.1. The van der Waals surface area contributed by atoms with Gasteiger partial charge in [0.1, 0.15) is 5.82 Å². The van der Waals surface area contributed by atoms with E-state index < -0.39 is 11.4 Å². The number of aliphatic hydroxyl groups is 1. The molecule has 0 aromatic heterocycles. The van der Waals surface area contributed by atoms with E-state index in [1.807, 2.05) is 6.07 Å². The highest BCUT2D eigenvalue weighted by Crippen LogP contribution is 2.41. The van der Waals surface area contributed by atoms with Gasteiger partial charge in [-0.15, -0.1) is 0 Å². The second-order valence-electron chi connectivity index (χ2n) is 5.38. The molecule has 0 aliphatic carbocycles. The van der Waals surface area contributed by atoms with Crippen LogP contribution in [-0.2, 0) is 5.60 Å². The van der Waals surface area contributed by atoms with Crippen molar-refractivity contribution >= 4 is 0 Å². The Hall–Kier alpha value is -1.44. The Morgan fingerprint density at radius 2 is 2.00 bits per heavy atom. The van der Waals surface area contributed by atoms with Crippen molar-refractivity contribution < 1.29 is 9.50 Å². The second kappa shape index (κ2) is 4.04. The lowest BCUT2D eigenvalue weighted by Gasteiger charge is -2.38. The molecule has 2 bridgehead atoms. The molecule has 2 unspecified atom stereocenters. The number of fused-ring (bicyclic) bond motifs is 2. The average molecular weight is 246 g/mol. The molecule has 2 fully saturated rings. The van der Waals surface area contributed by atoms with Gasteiger partial charge in [-0.05, 0) is 37.8 Å². The summed E-state index contributed by atoms with van der Waals surface area (Å²) in [6.07, 6.45) is 3.33. The molecule has 1 aromatic rings. The van der Waals surface area contributed by atoms with E-state index in [1.165, 1.54) is 12.1 Å². The molecule has 0 amide bonds. The molecule has 0 radical (unpaired) electrons. The third kappa shape index (κ3) is 1.80. The Balaban J connectivity index is 2.01. The third-order valence-electron chi connectivity index (χ3n) is 4.11. The number of benzene rings is 1. The van der Waals surface area contributed by atoms with Crippen molar-refractivity contribution in [3.05, 3.63) is 35.1 Å². The Kier molecular flexibility index (Phi) is 2.61. The van der Waals surface area contributed by atoms with Crippen molar-refractivity contribution in [1.82, 2.24) is 5.32 Å². The van der Waals surface area contributed by atoms with Gasteiger partial charge in [-0.1, -0.05) is 6.07 Å². The Bertz CT molecular complexity index is 511. The van der Waals surface area contributed by atoms with Crippen LogP contribution >= 0.6 is 0 Å². The molecule has 2 atom stereocenters. The number of nitrogens with zero attached hydrogens (tertiary/aromatic N) is 1. The topological polar surface area (TPSA) is 56.0 Å². The van der Waals surface area contributed by atoms with Crippen LogP contribution in [0.3, 0.4) is 0 Å². The molecule has 1 aromatic carbocycles. The Morgan fingerprint density at radius 1 is 1.33 bits per heavy atom. The Morgan fingerprint density at radius 3 is 2.61 bits per heavy atom. The minimum absolute atomic E-state index is 0.249. The van der Waals surface area contributed by atoms with Crippen molar-refractivity contribution in [2.45, 2.75) is 43.4 Å². The fraction of sp³-hybridized carbons (Fsp3) is 0.500.